The Bertz CT molecular complexity index is 1170. The van der Waals surface area contributed by atoms with E-state index in [4.69, 9.17) is 27.9 Å². The number of hydrogen-bond donors (Lipinski definition) is 1. The molecule has 0 unspecified atom stereocenters. The first-order chi connectivity index (χ1) is 14.3. The van der Waals surface area contributed by atoms with Gasteiger partial charge in [-0.1, -0.05) is 23.2 Å². The molecule has 0 fully saturated rings. The van der Waals surface area contributed by atoms with Crippen LogP contribution in [0.5, 0.6) is 5.75 Å². The Morgan fingerprint density at radius 1 is 1.10 bits per heavy atom. The summed E-state index contributed by atoms with van der Waals surface area (Å²) in [5.74, 6) is 0.169. The number of nitrogens with one attached hydrogen (secondary N) is 1. The third-order valence-corrected chi connectivity index (χ3v) is 5.11. The first kappa shape index (κ1) is 21.5. The summed E-state index contributed by atoms with van der Waals surface area (Å²) in [5, 5.41) is 13.4. The minimum atomic E-state index is -0.495. The number of carbonyl (C=O) groups excluding carboxylic acids is 1. The molecule has 0 atom stereocenters. The van der Waals surface area contributed by atoms with Crippen LogP contribution in [0.2, 0.25) is 10.0 Å². The fourth-order valence-electron chi connectivity index (χ4n) is 3.18. The standard InChI is InChI=1S/C23H19Cl2N3O2/c1-14-10-16(15(2)28(14)21-12-19(25)6-9-22(21)30-3)11-17(13-26)23(29)27-20-7-4-18(24)5-8-20/h4-12H,1-3H3,(H,27,29)/b17-11-. The molecule has 2 aromatic carbocycles. The largest absolute Gasteiger partial charge is 0.495 e. The van der Waals surface area contributed by atoms with Crippen LogP contribution in [0, 0.1) is 25.2 Å². The van der Waals surface area contributed by atoms with Gasteiger partial charge in [0.15, 0.2) is 0 Å². The summed E-state index contributed by atoms with van der Waals surface area (Å²) in [6.07, 6.45) is 1.57. The molecule has 1 N–H and O–H groups in total. The van der Waals surface area contributed by atoms with E-state index in [2.05, 4.69) is 5.32 Å². The van der Waals surface area contributed by atoms with E-state index in [1.54, 1.807) is 49.6 Å². The molecule has 1 aromatic heterocycles. The van der Waals surface area contributed by atoms with Gasteiger partial charge in [-0.05, 0) is 74.0 Å². The Morgan fingerprint density at radius 3 is 2.40 bits per heavy atom. The fraction of sp³-hybridized carbons (Fsp3) is 0.130. The van der Waals surface area contributed by atoms with Crippen molar-refractivity contribution in [1.29, 1.82) is 5.26 Å². The lowest BCUT2D eigenvalue weighted by Gasteiger charge is -2.14. The van der Waals surface area contributed by atoms with Crippen LogP contribution in [0.4, 0.5) is 5.69 Å². The van der Waals surface area contributed by atoms with E-state index in [1.807, 2.05) is 36.6 Å². The molecule has 3 rings (SSSR count). The van der Waals surface area contributed by atoms with E-state index in [1.165, 1.54) is 0 Å². The van der Waals surface area contributed by atoms with E-state index in [-0.39, 0.29) is 5.57 Å². The van der Waals surface area contributed by atoms with Crippen molar-refractivity contribution in [3.05, 3.63) is 81.1 Å². The van der Waals surface area contributed by atoms with Crippen LogP contribution in [-0.4, -0.2) is 17.6 Å². The van der Waals surface area contributed by atoms with Gasteiger partial charge >= 0.3 is 0 Å². The number of anilines is 1. The summed E-state index contributed by atoms with van der Waals surface area (Å²) in [5.41, 5.74) is 3.83. The molecule has 0 aliphatic rings. The highest BCUT2D eigenvalue weighted by molar-refractivity contribution is 6.31. The predicted molar refractivity (Wildman–Crippen MR) is 120 cm³/mol. The van der Waals surface area contributed by atoms with Crippen LogP contribution in [-0.2, 0) is 4.79 Å². The number of ether oxygens (including phenoxy) is 1. The lowest BCUT2D eigenvalue weighted by atomic mass is 10.1. The third kappa shape index (κ3) is 4.51. The van der Waals surface area contributed by atoms with Crippen molar-refractivity contribution in [2.45, 2.75) is 13.8 Å². The Labute approximate surface area is 185 Å². The van der Waals surface area contributed by atoms with Crippen molar-refractivity contribution >= 4 is 40.9 Å². The minimum absolute atomic E-state index is 0.0109. The molecular formula is C23H19Cl2N3O2. The van der Waals surface area contributed by atoms with Crippen molar-refractivity contribution < 1.29 is 9.53 Å². The Morgan fingerprint density at radius 2 is 1.77 bits per heavy atom. The summed E-state index contributed by atoms with van der Waals surface area (Å²) < 4.78 is 7.44. The molecule has 5 nitrogen and oxygen atoms in total. The number of hydrogen-bond acceptors (Lipinski definition) is 3. The van der Waals surface area contributed by atoms with Crippen molar-refractivity contribution in [1.82, 2.24) is 4.57 Å². The van der Waals surface area contributed by atoms with Gasteiger partial charge in [0, 0.05) is 27.1 Å². The number of nitriles is 1. The van der Waals surface area contributed by atoms with Gasteiger partial charge in [0.25, 0.3) is 5.91 Å². The van der Waals surface area contributed by atoms with Gasteiger partial charge in [0.2, 0.25) is 0 Å². The zero-order valence-corrected chi connectivity index (χ0v) is 18.2. The Kier molecular flexibility index (Phi) is 6.51. The molecule has 3 aromatic rings. The van der Waals surface area contributed by atoms with Crippen LogP contribution in [0.25, 0.3) is 11.8 Å². The summed E-state index contributed by atoms with van der Waals surface area (Å²) in [7, 11) is 1.59. The number of amides is 1. The molecule has 30 heavy (non-hydrogen) atoms. The molecule has 1 amide bonds. The molecule has 0 aliphatic carbocycles. The number of methoxy groups -OCH3 is 1. The Hall–Kier alpha value is -3.20. The zero-order valence-electron chi connectivity index (χ0n) is 16.7. The van der Waals surface area contributed by atoms with Gasteiger partial charge in [-0.3, -0.25) is 4.79 Å². The van der Waals surface area contributed by atoms with E-state index in [9.17, 15) is 10.1 Å². The van der Waals surface area contributed by atoms with E-state index in [0.29, 0.717) is 21.5 Å². The number of aromatic nitrogens is 1. The van der Waals surface area contributed by atoms with Crippen LogP contribution in [0.3, 0.4) is 0 Å². The second-order valence-corrected chi connectivity index (χ2v) is 7.48. The molecule has 0 saturated heterocycles. The maximum Gasteiger partial charge on any atom is 0.266 e. The molecule has 1 heterocycles. The van der Waals surface area contributed by atoms with Crippen LogP contribution < -0.4 is 10.1 Å². The summed E-state index contributed by atoms with van der Waals surface area (Å²) in [6, 6.07) is 15.9. The fourth-order valence-corrected chi connectivity index (χ4v) is 3.47. The van der Waals surface area contributed by atoms with Crippen molar-refractivity contribution in [2.75, 3.05) is 12.4 Å². The van der Waals surface area contributed by atoms with Crippen molar-refractivity contribution in [3.8, 4) is 17.5 Å². The lowest BCUT2D eigenvalue weighted by Crippen LogP contribution is -2.13. The first-order valence-corrected chi connectivity index (χ1v) is 9.81. The van der Waals surface area contributed by atoms with Crippen LogP contribution >= 0.6 is 23.2 Å². The van der Waals surface area contributed by atoms with Crippen molar-refractivity contribution in [3.63, 3.8) is 0 Å². The third-order valence-electron chi connectivity index (χ3n) is 4.62. The summed E-state index contributed by atoms with van der Waals surface area (Å²) in [6.45, 7) is 3.84. The highest BCUT2D eigenvalue weighted by Gasteiger charge is 2.16. The lowest BCUT2D eigenvalue weighted by molar-refractivity contribution is -0.112. The van der Waals surface area contributed by atoms with Gasteiger partial charge in [-0.15, -0.1) is 0 Å². The number of benzene rings is 2. The monoisotopic (exact) mass is 439 g/mol. The maximum atomic E-state index is 12.6. The van der Waals surface area contributed by atoms with Gasteiger partial charge in [-0.25, -0.2) is 0 Å². The molecule has 0 spiro atoms. The molecule has 0 bridgehead atoms. The number of rotatable bonds is 5. The number of aryl methyl sites for hydroxylation is 1. The number of nitrogens with zero attached hydrogens (tertiary/aromatic N) is 2. The van der Waals surface area contributed by atoms with E-state index >= 15 is 0 Å². The van der Waals surface area contributed by atoms with Gasteiger partial charge in [0.1, 0.15) is 17.4 Å². The summed E-state index contributed by atoms with van der Waals surface area (Å²) in [4.78, 5) is 12.6. The Balaban J connectivity index is 1.98. The second-order valence-electron chi connectivity index (χ2n) is 6.61. The number of halogens is 2. The zero-order chi connectivity index (χ0) is 21.8. The quantitative estimate of drug-likeness (QED) is 0.394. The van der Waals surface area contributed by atoms with E-state index in [0.717, 1.165) is 22.6 Å². The van der Waals surface area contributed by atoms with Crippen molar-refractivity contribution in [2.24, 2.45) is 0 Å². The molecule has 152 valence electrons. The minimum Gasteiger partial charge on any atom is -0.495 e. The normalized spacial score (nSPS) is 11.1. The molecule has 0 aliphatic heterocycles. The van der Waals surface area contributed by atoms with E-state index < -0.39 is 5.91 Å². The van der Waals surface area contributed by atoms with Gasteiger partial charge < -0.3 is 14.6 Å². The molecule has 7 heteroatoms. The smallest absolute Gasteiger partial charge is 0.266 e. The van der Waals surface area contributed by atoms with Crippen LogP contribution in [0.15, 0.2) is 54.1 Å². The average Bonchev–Trinajstić information content (AvgIpc) is 3.00. The topological polar surface area (TPSA) is 67.0 Å². The highest BCUT2D eigenvalue weighted by Crippen LogP contribution is 2.31. The average molecular weight is 440 g/mol. The highest BCUT2D eigenvalue weighted by atomic mass is 35.5. The first-order valence-electron chi connectivity index (χ1n) is 9.05. The summed E-state index contributed by atoms with van der Waals surface area (Å²) >= 11 is 12.1. The maximum absolute atomic E-state index is 12.6. The SMILES string of the molecule is COc1ccc(Cl)cc1-n1c(C)cc(/C=C(/C#N)C(=O)Nc2ccc(Cl)cc2)c1C. The van der Waals surface area contributed by atoms with Gasteiger partial charge in [0.05, 0.1) is 12.8 Å². The predicted octanol–water partition coefficient (Wildman–Crippen LogP) is 5.96. The van der Waals surface area contributed by atoms with Gasteiger partial charge in [-0.2, -0.15) is 5.26 Å². The van der Waals surface area contributed by atoms with Crippen LogP contribution in [0.1, 0.15) is 17.0 Å². The molecule has 0 saturated carbocycles. The number of carbonyl (C=O) groups is 1. The molecule has 0 radical (unpaired) electrons. The second kappa shape index (κ2) is 9.08. The molecular weight excluding hydrogens is 421 g/mol.